The number of anilines is 1. The molecule has 0 fully saturated rings. The predicted molar refractivity (Wildman–Crippen MR) is 84.6 cm³/mol. The summed E-state index contributed by atoms with van der Waals surface area (Å²) in [5, 5.41) is 7.69. The Balaban J connectivity index is 2.16. The van der Waals surface area contributed by atoms with Crippen LogP contribution in [0.1, 0.15) is 25.2 Å². The lowest BCUT2D eigenvalue weighted by Crippen LogP contribution is -2.43. The van der Waals surface area contributed by atoms with Crippen LogP contribution < -0.4 is 10.6 Å². The van der Waals surface area contributed by atoms with Crippen molar-refractivity contribution in [3.8, 4) is 11.1 Å². The highest BCUT2D eigenvalue weighted by Crippen LogP contribution is 2.43. The van der Waals surface area contributed by atoms with Crippen molar-refractivity contribution in [3.63, 3.8) is 0 Å². The molecule has 22 heavy (non-hydrogen) atoms. The van der Waals surface area contributed by atoms with Gasteiger partial charge >= 0.3 is 0 Å². The molecule has 0 unspecified atom stereocenters. The van der Waals surface area contributed by atoms with E-state index >= 15 is 0 Å². The Morgan fingerprint density at radius 3 is 2.45 bits per heavy atom. The van der Waals surface area contributed by atoms with Crippen LogP contribution in [0.15, 0.2) is 30.6 Å². The zero-order valence-electron chi connectivity index (χ0n) is 12.7. The fourth-order valence-corrected chi connectivity index (χ4v) is 2.71. The van der Waals surface area contributed by atoms with Crippen LogP contribution >= 0.6 is 0 Å². The molecule has 0 saturated carbocycles. The zero-order chi connectivity index (χ0) is 16.1. The van der Waals surface area contributed by atoms with Gasteiger partial charge in [0, 0.05) is 18.0 Å². The Morgan fingerprint density at radius 1 is 1.23 bits per heavy atom. The lowest BCUT2D eigenvalue weighted by Gasteiger charge is -2.18. The Hall–Kier alpha value is -2.76. The number of nitrogens with one attached hydrogen (secondary N) is 1. The van der Waals surface area contributed by atoms with E-state index in [0.29, 0.717) is 11.5 Å². The first-order chi connectivity index (χ1) is 10.3. The molecule has 1 aliphatic heterocycles. The largest absolute Gasteiger partial charge is 0.369 e. The number of carbonyl (C=O) groups excluding carboxylic acids is 1. The molecule has 1 aliphatic rings. The minimum absolute atomic E-state index is 0.188. The highest BCUT2D eigenvalue weighted by Gasteiger charge is 2.45. The van der Waals surface area contributed by atoms with Crippen molar-refractivity contribution in [2.75, 3.05) is 4.90 Å². The second-order valence-electron chi connectivity index (χ2n) is 5.90. The van der Waals surface area contributed by atoms with Gasteiger partial charge in [-0.15, -0.1) is 0 Å². The molecule has 0 bridgehead atoms. The zero-order valence-corrected chi connectivity index (χ0v) is 12.7. The molecule has 2 heterocycles. The molecule has 0 aliphatic carbocycles. The van der Waals surface area contributed by atoms with Crippen LogP contribution in [0, 0.1) is 12.3 Å². The number of aromatic nitrogens is 2. The van der Waals surface area contributed by atoms with Gasteiger partial charge in [-0.25, -0.2) is 9.97 Å². The summed E-state index contributed by atoms with van der Waals surface area (Å²) in [6.45, 7) is 5.50. The molecule has 2 aromatic rings. The molecule has 1 amide bonds. The van der Waals surface area contributed by atoms with Crippen molar-refractivity contribution in [1.82, 2.24) is 9.97 Å². The van der Waals surface area contributed by atoms with E-state index in [1.165, 1.54) is 4.90 Å². The number of guanidine groups is 1. The first kappa shape index (κ1) is 14.2. The molecular formula is C16H17N5O. The van der Waals surface area contributed by atoms with Crippen LogP contribution in [0.5, 0.6) is 0 Å². The van der Waals surface area contributed by atoms with Crippen molar-refractivity contribution in [2.24, 2.45) is 5.73 Å². The Kier molecular flexibility index (Phi) is 2.98. The van der Waals surface area contributed by atoms with Gasteiger partial charge in [0.05, 0.1) is 11.1 Å². The summed E-state index contributed by atoms with van der Waals surface area (Å²) in [6, 6.07) is 5.70. The molecule has 0 atom stereocenters. The minimum Gasteiger partial charge on any atom is -0.369 e. The molecule has 0 radical (unpaired) electrons. The third kappa shape index (κ3) is 1.95. The maximum atomic E-state index is 12.5. The summed E-state index contributed by atoms with van der Waals surface area (Å²) in [7, 11) is 0. The molecule has 3 rings (SSSR count). The summed E-state index contributed by atoms with van der Waals surface area (Å²) >= 11 is 0. The maximum absolute atomic E-state index is 12.5. The summed E-state index contributed by atoms with van der Waals surface area (Å²) in [4.78, 5) is 22.1. The van der Waals surface area contributed by atoms with Gasteiger partial charge in [-0.3, -0.25) is 15.1 Å². The molecule has 1 aromatic heterocycles. The highest BCUT2D eigenvalue weighted by atomic mass is 16.2. The summed E-state index contributed by atoms with van der Waals surface area (Å²) in [6.07, 6.45) is 3.48. The van der Waals surface area contributed by atoms with Gasteiger partial charge in [-0.05, 0) is 38.0 Å². The molecule has 0 spiro atoms. The lowest BCUT2D eigenvalue weighted by atomic mass is 9.85. The predicted octanol–water partition coefficient (Wildman–Crippen LogP) is 1.97. The summed E-state index contributed by atoms with van der Waals surface area (Å²) in [5.74, 6) is 0.244. The number of carbonyl (C=O) groups is 1. The van der Waals surface area contributed by atoms with Crippen LogP contribution in [-0.4, -0.2) is 21.8 Å². The number of nitrogens with zero attached hydrogens (tertiary/aromatic N) is 3. The average Bonchev–Trinajstić information content (AvgIpc) is 2.67. The molecule has 6 nitrogen and oxygen atoms in total. The van der Waals surface area contributed by atoms with E-state index in [4.69, 9.17) is 11.1 Å². The van der Waals surface area contributed by atoms with Crippen LogP contribution in [-0.2, 0) is 10.2 Å². The minimum atomic E-state index is -0.691. The van der Waals surface area contributed by atoms with Gasteiger partial charge in [-0.2, -0.15) is 0 Å². The van der Waals surface area contributed by atoms with Crippen molar-refractivity contribution in [2.45, 2.75) is 26.2 Å². The number of aryl methyl sites for hydroxylation is 1. The second-order valence-corrected chi connectivity index (χ2v) is 5.90. The molecule has 1 aromatic carbocycles. The van der Waals surface area contributed by atoms with Crippen molar-refractivity contribution >= 4 is 17.6 Å². The van der Waals surface area contributed by atoms with Crippen molar-refractivity contribution in [1.29, 1.82) is 5.41 Å². The third-order valence-corrected chi connectivity index (χ3v) is 4.00. The molecule has 6 heteroatoms. The number of nitrogens with two attached hydrogens (primary N) is 1. The topological polar surface area (TPSA) is 96.0 Å². The normalized spacial score (nSPS) is 15.8. The summed E-state index contributed by atoms with van der Waals surface area (Å²) in [5.41, 5.74) is 8.16. The number of amides is 1. The van der Waals surface area contributed by atoms with Gasteiger partial charge in [0.2, 0.25) is 5.91 Å². The third-order valence-electron chi connectivity index (χ3n) is 4.00. The van der Waals surface area contributed by atoms with Crippen LogP contribution in [0.4, 0.5) is 5.69 Å². The van der Waals surface area contributed by atoms with Crippen LogP contribution in [0.3, 0.4) is 0 Å². The maximum Gasteiger partial charge on any atom is 0.244 e. The van der Waals surface area contributed by atoms with Crippen LogP contribution in [0.2, 0.25) is 0 Å². The molecule has 0 saturated heterocycles. The van der Waals surface area contributed by atoms with Gasteiger partial charge < -0.3 is 5.73 Å². The van der Waals surface area contributed by atoms with E-state index in [-0.39, 0.29) is 11.9 Å². The molecule has 3 N–H and O–H groups in total. The number of benzene rings is 1. The van der Waals surface area contributed by atoms with Crippen molar-refractivity contribution < 1.29 is 4.79 Å². The van der Waals surface area contributed by atoms with E-state index in [9.17, 15) is 4.79 Å². The van der Waals surface area contributed by atoms with E-state index in [1.807, 2.05) is 39.0 Å². The van der Waals surface area contributed by atoms with Gasteiger partial charge in [0.25, 0.3) is 0 Å². The number of rotatable bonds is 1. The fourth-order valence-electron chi connectivity index (χ4n) is 2.71. The van der Waals surface area contributed by atoms with Crippen LogP contribution in [0.25, 0.3) is 11.1 Å². The van der Waals surface area contributed by atoms with Crippen molar-refractivity contribution in [3.05, 3.63) is 42.0 Å². The second kappa shape index (κ2) is 4.62. The average molecular weight is 295 g/mol. The standard InChI is InChI=1S/C16H17N5O/c1-9-19-7-11(8-20-9)10-4-5-12-13(6-10)21(15(17)18)14(22)16(12,2)3/h4-8H,1-3H3,(H3,17,18). The molecule has 112 valence electrons. The highest BCUT2D eigenvalue weighted by molar-refractivity contribution is 6.22. The first-order valence-corrected chi connectivity index (χ1v) is 6.94. The molecular weight excluding hydrogens is 278 g/mol. The smallest absolute Gasteiger partial charge is 0.244 e. The fraction of sp³-hybridized carbons (Fsp3) is 0.250. The first-order valence-electron chi connectivity index (χ1n) is 6.94. The SMILES string of the molecule is Cc1ncc(-c2ccc3c(c2)N(C(=N)N)C(=O)C3(C)C)cn1. The Bertz CT molecular complexity index is 780. The van der Waals surface area contributed by atoms with E-state index in [2.05, 4.69) is 9.97 Å². The number of hydrogen-bond donors (Lipinski definition) is 2. The Labute approximate surface area is 128 Å². The van der Waals surface area contributed by atoms with Gasteiger partial charge in [-0.1, -0.05) is 12.1 Å². The number of hydrogen-bond acceptors (Lipinski definition) is 4. The number of fused-ring (bicyclic) bond motifs is 1. The lowest BCUT2D eigenvalue weighted by molar-refractivity contribution is -0.121. The van der Waals surface area contributed by atoms with Gasteiger partial charge in [0.15, 0.2) is 5.96 Å². The van der Waals surface area contributed by atoms with Gasteiger partial charge in [0.1, 0.15) is 5.82 Å². The van der Waals surface area contributed by atoms with E-state index in [1.54, 1.807) is 12.4 Å². The monoisotopic (exact) mass is 295 g/mol. The summed E-state index contributed by atoms with van der Waals surface area (Å²) < 4.78 is 0. The quantitative estimate of drug-likeness (QED) is 0.621. The van der Waals surface area contributed by atoms with E-state index < -0.39 is 5.41 Å². The Morgan fingerprint density at radius 2 is 1.86 bits per heavy atom. The van der Waals surface area contributed by atoms with E-state index in [0.717, 1.165) is 16.7 Å².